The molecule has 6 nitrogen and oxygen atoms in total. The summed E-state index contributed by atoms with van der Waals surface area (Å²) >= 11 is 0. The third kappa shape index (κ3) is 3.19. The van der Waals surface area contributed by atoms with Crippen LogP contribution in [0.4, 0.5) is 13.2 Å². The SMILES string of the molecule is CN1CC[C@]23c4c5ccc(O)c4O[C@H]2[C@H](N(C)C(=O)C#Cc2ccc(C(F)(F)F)cc2)C=C[C@@]3(O)[C@H]1C5. The van der Waals surface area contributed by atoms with Crippen LogP contribution in [0.25, 0.3) is 0 Å². The van der Waals surface area contributed by atoms with Crippen LogP contribution in [-0.4, -0.2) is 70.3 Å². The first-order chi connectivity index (χ1) is 17.5. The van der Waals surface area contributed by atoms with E-state index in [1.165, 1.54) is 17.0 Å². The lowest BCUT2D eigenvalue weighted by molar-refractivity contribution is -0.150. The van der Waals surface area contributed by atoms with Crippen molar-refractivity contribution in [1.29, 1.82) is 0 Å². The van der Waals surface area contributed by atoms with Crippen LogP contribution in [0, 0.1) is 11.8 Å². The Labute approximate surface area is 211 Å². The van der Waals surface area contributed by atoms with E-state index >= 15 is 0 Å². The van der Waals surface area contributed by atoms with Crippen LogP contribution in [-0.2, 0) is 22.8 Å². The Bertz CT molecular complexity index is 1390. The standard InChI is InChI=1S/C28H25F3N2O4/c1-32-14-13-26-23-17-6-9-20(34)24(23)37-25(26)19(11-12-27(26,36)21(32)15-17)33(2)22(35)10-5-16-3-7-18(8-4-16)28(29,30)31/h3-4,6-9,11-12,19,21,25,34,36H,13-15H2,1-2H3/t19-,21-,25+,26+,27-/m1/s1. The van der Waals surface area contributed by atoms with E-state index in [9.17, 15) is 28.2 Å². The molecule has 2 aromatic rings. The molecule has 192 valence electrons. The fourth-order valence-corrected chi connectivity index (χ4v) is 6.71. The van der Waals surface area contributed by atoms with Crippen molar-refractivity contribution in [3.63, 3.8) is 0 Å². The number of phenolic OH excluding ortho intramolecular Hbond substituents is 1. The van der Waals surface area contributed by atoms with E-state index in [0.717, 1.165) is 23.3 Å². The van der Waals surface area contributed by atoms with Crippen LogP contribution in [0.5, 0.6) is 11.5 Å². The second-order valence-corrected chi connectivity index (χ2v) is 10.3. The van der Waals surface area contributed by atoms with E-state index in [2.05, 4.69) is 16.7 Å². The number of carbonyl (C=O) groups excluding carboxylic acids is 1. The highest BCUT2D eigenvalue weighted by Gasteiger charge is 2.71. The number of likely N-dealkylation sites (N-methyl/N-ethyl adjacent to an activating group) is 2. The number of ether oxygens (including phenoxy) is 1. The predicted octanol–water partition coefficient (Wildman–Crippen LogP) is 2.85. The van der Waals surface area contributed by atoms with E-state index in [1.807, 2.05) is 13.1 Å². The smallest absolute Gasteiger partial charge is 0.416 e. The minimum absolute atomic E-state index is 0.00271. The van der Waals surface area contributed by atoms with E-state index in [-0.39, 0.29) is 17.4 Å². The highest BCUT2D eigenvalue weighted by atomic mass is 19.4. The molecule has 2 N–H and O–H groups in total. The molecule has 6 rings (SSSR count). The van der Waals surface area contributed by atoms with Crippen LogP contribution in [0.15, 0.2) is 48.6 Å². The summed E-state index contributed by atoms with van der Waals surface area (Å²) in [6.07, 6.45) is -0.382. The molecule has 0 unspecified atom stereocenters. The summed E-state index contributed by atoms with van der Waals surface area (Å²) in [6, 6.07) is 7.02. The fraction of sp³-hybridized carbons (Fsp3) is 0.393. The number of carbonyl (C=O) groups is 1. The molecule has 1 spiro atoms. The molecule has 2 heterocycles. The van der Waals surface area contributed by atoms with Gasteiger partial charge in [0.25, 0.3) is 5.91 Å². The third-order valence-corrected chi connectivity index (χ3v) is 8.58. The van der Waals surface area contributed by atoms with Gasteiger partial charge in [-0.2, -0.15) is 13.2 Å². The maximum atomic E-state index is 13.1. The number of halogens is 3. The Balaban J connectivity index is 1.35. The maximum absolute atomic E-state index is 13.1. The molecule has 5 atom stereocenters. The zero-order chi connectivity index (χ0) is 26.3. The summed E-state index contributed by atoms with van der Waals surface area (Å²) in [4.78, 5) is 16.7. The maximum Gasteiger partial charge on any atom is 0.416 e. The second-order valence-electron chi connectivity index (χ2n) is 10.3. The van der Waals surface area contributed by atoms with Gasteiger partial charge in [0.2, 0.25) is 0 Å². The van der Waals surface area contributed by atoms with E-state index < -0.39 is 40.8 Å². The van der Waals surface area contributed by atoms with Gasteiger partial charge in [-0.25, -0.2) is 0 Å². The number of rotatable bonds is 1. The predicted molar refractivity (Wildman–Crippen MR) is 128 cm³/mol. The van der Waals surface area contributed by atoms with Crippen LogP contribution in [0.2, 0.25) is 0 Å². The number of piperidine rings is 1. The zero-order valence-corrected chi connectivity index (χ0v) is 20.2. The second kappa shape index (κ2) is 7.76. The molecule has 0 saturated carbocycles. The largest absolute Gasteiger partial charge is 0.504 e. The van der Waals surface area contributed by atoms with Gasteiger partial charge in [-0.1, -0.05) is 24.1 Å². The van der Waals surface area contributed by atoms with Crippen molar-refractivity contribution in [3.05, 3.63) is 70.8 Å². The van der Waals surface area contributed by atoms with Gasteiger partial charge >= 0.3 is 6.18 Å². The number of aromatic hydroxyl groups is 1. The molecular formula is C28H25F3N2O4. The average Bonchev–Trinajstić information content (AvgIpc) is 3.21. The van der Waals surface area contributed by atoms with E-state index in [4.69, 9.17) is 4.74 Å². The Morgan fingerprint density at radius 1 is 1.22 bits per heavy atom. The quantitative estimate of drug-likeness (QED) is 0.456. The minimum Gasteiger partial charge on any atom is -0.504 e. The summed E-state index contributed by atoms with van der Waals surface area (Å²) in [5.74, 6) is 4.97. The first-order valence-corrected chi connectivity index (χ1v) is 12.1. The first kappa shape index (κ1) is 23.9. The summed E-state index contributed by atoms with van der Waals surface area (Å²) in [5.41, 5.74) is -0.766. The Morgan fingerprint density at radius 2 is 1.95 bits per heavy atom. The van der Waals surface area contributed by atoms with Gasteiger partial charge in [0.1, 0.15) is 11.7 Å². The van der Waals surface area contributed by atoms with Crippen molar-refractivity contribution in [2.75, 3.05) is 20.6 Å². The molecular weight excluding hydrogens is 485 g/mol. The number of benzene rings is 2. The van der Waals surface area contributed by atoms with Crippen molar-refractivity contribution >= 4 is 5.91 Å². The molecule has 1 amide bonds. The number of alkyl halides is 3. The average molecular weight is 511 g/mol. The van der Waals surface area contributed by atoms with Gasteiger partial charge in [-0.15, -0.1) is 0 Å². The van der Waals surface area contributed by atoms with Gasteiger partial charge in [-0.05, 0) is 62.3 Å². The Kier molecular flexibility index (Phi) is 5.01. The van der Waals surface area contributed by atoms with E-state index in [0.29, 0.717) is 25.1 Å². The molecule has 1 saturated heterocycles. The van der Waals surface area contributed by atoms with Crippen LogP contribution in [0.1, 0.15) is 28.7 Å². The van der Waals surface area contributed by atoms with Gasteiger partial charge in [-0.3, -0.25) is 9.69 Å². The lowest BCUT2D eigenvalue weighted by Crippen LogP contribution is -2.76. The minimum atomic E-state index is -4.45. The molecule has 0 aromatic heterocycles. The van der Waals surface area contributed by atoms with Crippen LogP contribution >= 0.6 is 0 Å². The van der Waals surface area contributed by atoms with Crippen LogP contribution < -0.4 is 4.74 Å². The van der Waals surface area contributed by atoms with Crippen molar-refractivity contribution < 1.29 is 32.9 Å². The third-order valence-electron chi connectivity index (χ3n) is 8.58. The number of hydrogen-bond acceptors (Lipinski definition) is 5. The van der Waals surface area contributed by atoms with Gasteiger partial charge in [0.05, 0.1) is 17.0 Å². The van der Waals surface area contributed by atoms with Gasteiger partial charge in [0.15, 0.2) is 11.5 Å². The first-order valence-electron chi connectivity index (χ1n) is 12.1. The molecule has 2 aliphatic carbocycles. The highest BCUT2D eigenvalue weighted by molar-refractivity contribution is 5.94. The molecule has 37 heavy (non-hydrogen) atoms. The van der Waals surface area contributed by atoms with Gasteiger partial charge < -0.3 is 19.8 Å². The molecule has 2 aliphatic heterocycles. The number of amides is 1. The van der Waals surface area contributed by atoms with Gasteiger partial charge in [0, 0.05) is 30.1 Å². The fourth-order valence-electron chi connectivity index (χ4n) is 6.71. The lowest BCUT2D eigenvalue weighted by atomic mass is 9.50. The Morgan fingerprint density at radius 3 is 2.65 bits per heavy atom. The number of nitrogens with zero attached hydrogens (tertiary/aromatic N) is 2. The van der Waals surface area contributed by atoms with Crippen LogP contribution in [0.3, 0.4) is 0 Å². The van der Waals surface area contributed by atoms with Crippen molar-refractivity contribution in [2.45, 2.75) is 48.2 Å². The number of hydrogen-bond donors (Lipinski definition) is 2. The van der Waals surface area contributed by atoms with Crippen molar-refractivity contribution in [3.8, 4) is 23.3 Å². The number of phenols is 1. The summed E-state index contributed by atoms with van der Waals surface area (Å²) < 4.78 is 44.8. The molecule has 0 radical (unpaired) electrons. The van der Waals surface area contributed by atoms with E-state index in [1.54, 1.807) is 25.3 Å². The summed E-state index contributed by atoms with van der Waals surface area (Å²) in [7, 11) is 3.57. The normalized spacial score (nSPS) is 31.1. The number of likely N-dealkylation sites (tertiary alicyclic amines) is 1. The highest BCUT2D eigenvalue weighted by Crippen LogP contribution is 2.64. The Hall–Kier alpha value is -3.48. The molecule has 9 heteroatoms. The topological polar surface area (TPSA) is 73.2 Å². The summed E-state index contributed by atoms with van der Waals surface area (Å²) in [5, 5.41) is 22.8. The molecule has 1 fully saturated rings. The molecule has 2 aromatic carbocycles. The number of aliphatic hydroxyl groups is 1. The monoisotopic (exact) mass is 510 g/mol. The van der Waals surface area contributed by atoms with Crippen molar-refractivity contribution in [2.24, 2.45) is 0 Å². The zero-order valence-electron chi connectivity index (χ0n) is 20.2. The molecule has 4 aliphatic rings. The lowest BCUT2D eigenvalue weighted by Gasteiger charge is -2.62. The summed E-state index contributed by atoms with van der Waals surface area (Å²) in [6.45, 7) is 0.716. The van der Waals surface area contributed by atoms with Crippen molar-refractivity contribution in [1.82, 2.24) is 9.80 Å². The molecule has 2 bridgehead atoms.